The first-order valence-electron chi connectivity index (χ1n) is 10.0. The van der Waals surface area contributed by atoms with Crippen LogP contribution in [0, 0.1) is 0 Å². The van der Waals surface area contributed by atoms with Crippen LogP contribution < -0.4 is 10.1 Å². The highest BCUT2D eigenvalue weighted by molar-refractivity contribution is 9.10. The van der Waals surface area contributed by atoms with Crippen molar-refractivity contribution in [3.63, 3.8) is 0 Å². The second-order valence-corrected chi connectivity index (χ2v) is 11.8. The van der Waals surface area contributed by atoms with Crippen molar-refractivity contribution in [1.82, 2.24) is 9.78 Å². The minimum atomic E-state index is -3.06. The van der Waals surface area contributed by atoms with Crippen LogP contribution in [0.4, 0.5) is 5.82 Å². The number of nitrogens with zero attached hydrogens (tertiary/aromatic N) is 2. The molecule has 164 valence electrons. The monoisotopic (exact) mass is 497 g/mol. The molecule has 2 aromatic rings. The molecule has 1 aliphatic heterocycles. The smallest absolute Gasteiger partial charge is 0.225 e. The third-order valence-corrected chi connectivity index (χ3v) is 7.18. The van der Waals surface area contributed by atoms with E-state index in [1.165, 1.54) is 0 Å². The maximum Gasteiger partial charge on any atom is 0.225 e. The van der Waals surface area contributed by atoms with Crippen molar-refractivity contribution in [3.05, 3.63) is 40.5 Å². The van der Waals surface area contributed by atoms with Crippen molar-refractivity contribution in [2.75, 3.05) is 23.4 Å². The molecule has 1 N–H and O–H groups in total. The topological polar surface area (TPSA) is 90.3 Å². The van der Waals surface area contributed by atoms with Crippen molar-refractivity contribution < 1.29 is 17.9 Å². The van der Waals surface area contributed by atoms with Gasteiger partial charge in [0.15, 0.2) is 9.84 Å². The third-order valence-electron chi connectivity index (χ3n) is 4.94. The number of carbonyl (C=O) groups is 1. The highest BCUT2D eigenvalue weighted by Gasteiger charge is 2.32. The molecule has 7 nitrogen and oxygen atoms in total. The number of nitrogens with one attached hydrogen (secondary N) is 1. The molecule has 3 rings (SSSR count). The minimum absolute atomic E-state index is 0.0572. The predicted octanol–water partition coefficient (Wildman–Crippen LogP) is 4.10. The summed E-state index contributed by atoms with van der Waals surface area (Å²) in [6, 6.07) is 9.16. The van der Waals surface area contributed by atoms with E-state index in [4.69, 9.17) is 4.74 Å². The molecule has 1 fully saturated rings. The van der Waals surface area contributed by atoms with Gasteiger partial charge in [0, 0.05) is 22.4 Å². The van der Waals surface area contributed by atoms with Gasteiger partial charge in [0.25, 0.3) is 0 Å². The minimum Gasteiger partial charge on any atom is -0.494 e. The summed E-state index contributed by atoms with van der Waals surface area (Å²) in [5, 5.41) is 7.55. The Labute approximate surface area is 186 Å². The Balaban J connectivity index is 1.61. The molecule has 1 aromatic heterocycles. The maximum absolute atomic E-state index is 12.5. The van der Waals surface area contributed by atoms with Crippen molar-refractivity contribution in [1.29, 1.82) is 0 Å². The summed E-state index contributed by atoms with van der Waals surface area (Å²) in [6.07, 6.45) is 1.38. The number of hydrogen-bond acceptors (Lipinski definition) is 5. The van der Waals surface area contributed by atoms with Crippen LogP contribution >= 0.6 is 15.9 Å². The summed E-state index contributed by atoms with van der Waals surface area (Å²) >= 11 is 3.40. The lowest BCUT2D eigenvalue weighted by atomic mass is 9.92. The Morgan fingerprint density at radius 3 is 2.73 bits per heavy atom. The van der Waals surface area contributed by atoms with E-state index < -0.39 is 9.84 Å². The predicted molar refractivity (Wildman–Crippen MR) is 121 cm³/mol. The second-order valence-electron chi connectivity index (χ2n) is 8.62. The van der Waals surface area contributed by atoms with Crippen LogP contribution in [0.25, 0.3) is 0 Å². The molecular weight excluding hydrogens is 470 g/mol. The Bertz CT molecular complexity index is 1010. The Morgan fingerprint density at radius 1 is 1.33 bits per heavy atom. The van der Waals surface area contributed by atoms with E-state index in [0.29, 0.717) is 31.7 Å². The summed E-state index contributed by atoms with van der Waals surface area (Å²) in [7, 11) is -3.06. The largest absolute Gasteiger partial charge is 0.494 e. The number of amides is 1. The molecule has 1 atom stereocenters. The number of anilines is 1. The molecular formula is C21H28BrN3O4S. The first-order chi connectivity index (χ1) is 14.0. The van der Waals surface area contributed by atoms with E-state index in [9.17, 15) is 13.2 Å². The van der Waals surface area contributed by atoms with Gasteiger partial charge in [-0.2, -0.15) is 5.10 Å². The van der Waals surface area contributed by atoms with Gasteiger partial charge in [-0.05, 0) is 31.0 Å². The van der Waals surface area contributed by atoms with E-state index in [1.54, 1.807) is 4.68 Å². The van der Waals surface area contributed by atoms with Gasteiger partial charge in [0.1, 0.15) is 11.6 Å². The number of aromatic nitrogens is 2. The summed E-state index contributed by atoms with van der Waals surface area (Å²) in [5.74, 6) is 1.37. The lowest BCUT2D eigenvalue weighted by Gasteiger charge is -2.15. The lowest BCUT2D eigenvalue weighted by Crippen LogP contribution is -2.20. The number of ether oxygens (including phenoxy) is 1. The van der Waals surface area contributed by atoms with E-state index in [1.807, 2.05) is 51.1 Å². The zero-order chi connectivity index (χ0) is 21.9. The van der Waals surface area contributed by atoms with Gasteiger partial charge < -0.3 is 10.1 Å². The highest BCUT2D eigenvalue weighted by atomic mass is 79.9. The average Bonchev–Trinajstić information content (AvgIpc) is 3.21. The van der Waals surface area contributed by atoms with Crippen LogP contribution in [0.5, 0.6) is 5.75 Å². The SMILES string of the molecule is CC(C)(C)c1cc(NC(=O)CCCOc2cccc(Br)c2)n(C2CCS(=O)(=O)C2)n1. The number of benzene rings is 1. The van der Waals surface area contributed by atoms with Gasteiger partial charge in [-0.15, -0.1) is 0 Å². The van der Waals surface area contributed by atoms with Crippen LogP contribution in [-0.4, -0.2) is 42.2 Å². The maximum atomic E-state index is 12.5. The molecule has 1 saturated heterocycles. The fourth-order valence-corrected chi connectivity index (χ4v) is 5.36. The molecule has 1 aliphatic rings. The molecule has 1 amide bonds. The van der Waals surface area contributed by atoms with Gasteiger partial charge in [0.2, 0.25) is 5.91 Å². The fraction of sp³-hybridized carbons (Fsp3) is 0.524. The third kappa shape index (κ3) is 6.07. The molecule has 1 unspecified atom stereocenters. The molecule has 0 bridgehead atoms. The van der Waals surface area contributed by atoms with Crippen molar-refractivity contribution in [2.24, 2.45) is 0 Å². The van der Waals surface area contributed by atoms with Crippen molar-refractivity contribution in [3.8, 4) is 5.75 Å². The van der Waals surface area contributed by atoms with Gasteiger partial charge in [-0.25, -0.2) is 13.1 Å². The van der Waals surface area contributed by atoms with Crippen LogP contribution in [-0.2, 0) is 20.0 Å². The number of hydrogen-bond donors (Lipinski definition) is 1. The quantitative estimate of drug-likeness (QED) is 0.581. The molecule has 0 saturated carbocycles. The molecule has 0 radical (unpaired) electrons. The van der Waals surface area contributed by atoms with Crippen LogP contribution in [0.2, 0.25) is 0 Å². The Morgan fingerprint density at radius 2 is 2.10 bits per heavy atom. The van der Waals surface area contributed by atoms with Crippen LogP contribution in [0.3, 0.4) is 0 Å². The van der Waals surface area contributed by atoms with Crippen LogP contribution in [0.15, 0.2) is 34.8 Å². The molecule has 0 spiro atoms. The van der Waals surface area contributed by atoms with E-state index >= 15 is 0 Å². The number of sulfone groups is 1. The van der Waals surface area contributed by atoms with Gasteiger partial charge in [-0.1, -0.05) is 42.8 Å². The lowest BCUT2D eigenvalue weighted by molar-refractivity contribution is -0.116. The zero-order valence-corrected chi connectivity index (χ0v) is 19.9. The summed E-state index contributed by atoms with van der Waals surface area (Å²) < 4.78 is 32.1. The normalized spacial score (nSPS) is 18.3. The molecule has 9 heteroatoms. The first kappa shape index (κ1) is 22.8. The standard InChI is InChI=1S/C21H28BrN3O4S/c1-21(2,3)18-13-19(25(24-18)16-9-11-30(27,28)14-16)23-20(26)8-5-10-29-17-7-4-6-15(22)12-17/h4,6-7,12-13,16H,5,8-11,14H2,1-3H3,(H,23,26). The van der Waals surface area contributed by atoms with E-state index in [-0.39, 0.29) is 28.9 Å². The second kappa shape index (κ2) is 9.09. The molecule has 0 aliphatic carbocycles. The summed E-state index contributed by atoms with van der Waals surface area (Å²) in [4.78, 5) is 12.5. The average molecular weight is 498 g/mol. The molecule has 1 aromatic carbocycles. The Hall–Kier alpha value is -1.87. The van der Waals surface area contributed by atoms with Crippen molar-refractivity contribution in [2.45, 2.75) is 51.5 Å². The zero-order valence-electron chi connectivity index (χ0n) is 17.5. The number of carbonyl (C=O) groups excluding carboxylic acids is 1. The molecule has 30 heavy (non-hydrogen) atoms. The Kier molecular flexibility index (Phi) is 6.91. The van der Waals surface area contributed by atoms with Gasteiger partial charge in [-0.3, -0.25) is 4.79 Å². The van der Waals surface area contributed by atoms with E-state index in [0.717, 1.165) is 15.9 Å². The highest BCUT2D eigenvalue weighted by Crippen LogP contribution is 2.31. The number of rotatable bonds is 7. The van der Waals surface area contributed by atoms with Crippen LogP contribution in [0.1, 0.15) is 51.8 Å². The first-order valence-corrected chi connectivity index (χ1v) is 12.6. The molecule has 2 heterocycles. The summed E-state index contributed by atoms with van der Waals surface area (Å²) in [6.45, 7) is 6.54. The fourth-order valence-electron chi connectivity index (χ4n) is 3.29. The van der Waals surface area contributed by atoms with Crippen molar-refractivity contribution >= 4 is 37.5 Å². The van der Waals surface area contributed by atoms with E-state index in [2.05, 4.69) is 26.3 Å². The van der Waals surface area contributed by atoms with Gasteiger partial charge >= 0.3 is 0 Å². The summed E-state index contributed by atoms with van der Waals surface area (Å²) in [5.41, 5.74) is 0.611. The van der Waals surface area contributed by atoms with Gasteiger partial charge in [0.05, 0.1) is 29.8 Å². The number of halogens is 1.